The SMILES string of the molecule is NC(=O)C[C@H](NC(=O)[C@H](N)Cc1c[nH]c2ccccc12)C(=O)N[C@@H](Cc1c[nH]c2ccccc12)C(N)=O. The summed E-state index contributed by atoms with van der Waals surface area (Å²) in [5.41, 5.74) is 20.4. The third kappa shape index (κ3) is 5.96. The average molecular weight is 504 g/mol. The Morgan fingerprint density at radius 2 is 1.24 bits per heavy atom. The first-order chi connectivity index (χ1) is 17.7. The number of hydrogen-bond donors (Lipinski definition) is 7. The second-order valence-corrected chi connectivity index (χ2v) is 8.93. The molecule has 192 valence electrons. The summed E-state index contributed by atoms with van der Waals surface area (Å²) in [5, 5.41) is 6.85. The van der Waals surface area contributed by atoms with Crippen LogP contribution in [0.15, 0.2) is 60.9 Å². The number of carbonyl (C=O) groups is 4. The van der Waals surface area contributed by atoms with Gasteiger partial charge in [-0.05, 0) is 29.7 Å². The first-order valence-electron chi connectivity index (χ1n) is 11.8. The summed E-state index contributed by atoms with van der Waals surface area (Å²) in [4.78, 5) is 55.9. The molecule has 0 aliphatic rings. The fourth-order valence-electron chi connectivity index (χ4n) is 4.33. The zero-order chi connectivity index (χ0) is 26.5. The Morgan fingerprint density at radius 1 is 0.730 bits per heavy atom. The summed E-state index contributed by atoms with van der Waals surface area (Å²) < 4.78 is 0. The Bertz CT molecular complexity index is 1460. The Hall–Kier alpha value is -4.64. The molecule has 2 heterocycles. The van der Waals surface area contributed by atoms with Crippen molar-refractivity contribution in [2.75, 3.05) is 0 Å². The number of aromatic nitrogens is 2. The third-order valence-corrected chi connectivity index (χ3v) is 6.25. The van der Waals surface area contributed by atoms with Gasteiger partial charge in [-0.15, -0.1) is 0 Å². The van der Waals surface area contributed by atoms with Crippen molar-refractivity contribution in [3.8, 4) is 0 Å². The van der Waals surface area contributed by atoms with Crippen LogP contribution >= 0.6 is 0 Å². The number of fused-ring (bicyclic) bond motifs is 2. The molecule has 10 N–H and O–H groups in total. The molecule has 0 aliphatic carbocycles. The summed E-state index contributed by atoms with van der Waals surface area (Å²) in [6, 6.07) is 11.7. The molecule has 0 radical (unpaired) electrons. The van der Waals surface area contributed by atoms with Crippen molar-refractivity contribution in [2.24, 2.45) is 17.2 Å². The second-order valence-electron chi connectivity index (χ2n) is 8.93. The molecule has 3 atom stereocenters. The Kier molecular flexibility index (Phi) is 7.54. The molecule has 0 saturated heterocycles. The Balaban J connectivity index is 1.44. The minimum atomic E-state index is -1.33. The fourth-order valence-corrected chi connectivity index (χ4v) is 4.33. The quantitative estimate of drug-likeness (QED) is 0.152. The molecular formula is C26H29N7O4. The first-order valence-corrected chi connectivity index (χ1v) is 11.8. The van der Waals surface area contributed by atoms with E-state index in [0.29, 0.717) is 0 Å². The van der Waals surface area contributed by atoms with Crippen LogP contribution in [-0.4, -0.2) is 51.7 Å². The van der Waals surface area contributed by atoms with E-state index in [-0.39, 0.29) is 12.8 Å². The van der Waals surface area contributed by atoms with Gasteiger partial charge < -0.3 is 37.8 Å². The lowest BCUT2D eigenvalue weighted by molar-refractivity contribution is -0.133. The van der Waals surface area contributed by atoms with Gasteiger partial charge in [0.2, 0.25) is 23.6 Å². The highest BCUT2D eigenvalue weighted by Crippen LogP contribution is 2.20. The molecule has 4 aromatic rings. The number of aromatic amines is 2. The summed E-state index contributed by atoms with van der Waals surface area (Å²) in [5.74, 6) is -2.98. The predicted molar refractivity (Wildman–Crippen MR) is 139 cm³/mol. The van der Waals surface area contributed by atoms with E-state index < -0.39 is 48.2 Å². The molecule has 0 spiro atoms. The van der Waals surface area contributed by atoms with Crippen LogP contribution in [0.25, 0.3) is 21.8 Å². The minimum absolute atomic E-state index is 0.113. The van der Waals surface area contributed by atoms with Crippen LogP contribution in [0.4, 0.5) is 0 Å². The van der Waals surface area contributed by atoms with Crippen LogP contribution in [0.2, 0.25) is 0 Å². The standard InChI is InChI=1S/C26H29N7O4/c27-18(9-14-12-30-19-7-3-1-5-16(14)19)25(36)33-22(11-23(28)34)26(37)32-21(24(29)35)10-15-13-31-20-8-4-2-6-17(15)20/h1-8,12-13,18,21-22,30-31H,9-11,27H2,(H2,28,34)(H2,29,35)(H,32,37)(H,33,36)/t18-,21+,22+/m1/s1. The molecule has 37 heavy (non-hydrogen) atoms. The third-order valence-electron chi connectivity index (χ3n) is 6.25. The highest BCUT2D eigenvalue weighted by atomic mass is 16.2. The molecule has 0 fully saturated rings. The molecule has 2 aromatic carbocycles. The predicted octanol–water partition coefficient (Wildman–Crippen LogP) is 0.0920. The molecular weight excluding hydrogens is 474 g/mol. The van der Waals surface area contributed by atoms with E-state index in [1.165, 1.54) is 0 Å². The fraction of sp³-hybridized carbons (Fsp3) is 0.231. The zero-order valence-electron chi connectivity index (χ0n) is 20.0. The van der Waals surface area contributed by atoms with Crippen LogP contribution in [0.5, 0.6) is 0 Å². The van der Waals surface area contributed by atoms with Gasteiger partial charge in [0.1, 0.15) is 12.1 Å². The lowest BCUT2D eigenvalue weighted by Gasteiger charge is -2.22. The van der Waals surface area contributed by atoms with Gasteiger partial charge >= 0.3 is 0 Å². The van der Waals surface area contributed by atoms with Crippen molar-refractivity contribution >= 4 is 45.4 Å². The number of benzene rings is 2. The lowest BCUT2D eigenvalue weighted by atomic mass is 10.0. The van der Waals surface area contributed by atoms with Gasteiger partial charge in [-0.1, -0.05) is 36.4 Å². The van der Waals surface area contributed by atoms with E-state index in [0.717, 1.165) is 32.9 Å². The Morgan fingerprint density at radius 3 is 1.78 bits per heavy atom. The number of nitrogens with two attached hydrogens (primary N) is 3. The average Bonchev–Trinajstić information content (AvgIpc) is 3.47. The number of nitrogens with one attached hydrogen (secondary N) is 4. The highest BCUT2D eigenvalue weighted by Gasteiger charge is 2.29. The number of hydrogen-bond acceptors (Lipinski definition) is 5. The van der Waals surface area contributed by atoms with Crippen molar-refractivity contribution in [3.63, 3.8) is 0 Å². The summed E-state index contributed by atoms with van der Waals surface area (Å²) in [7, 11) is 0. The van der Waals surface area contributed by atoms with Gasteiger partial charge in [-0.2, -0.15) is 0 Å². The maximum atomic E-state index is 13.0. The molecule has 0 bridgehead atoms. The number of para-hydroxylation sites is 2. The largest absolute Gasteiger partial charge is 0.370 e. The van der Waals surface area contributed by atoms with Crippen molar-refractivity contribution in [3.05, 3.63) is 72.1 Å². The maximum absolute atomic E-state index is 13.0. The zero-order valence-corrected chi connectivity index (χ0v) is 20.0. The van der Waals surface area contributed by atoms with Crippen molar-refractivity contribution in [1.82, 2.24) is 20.6 Å². The minimum Gasteiger partial charge on any atom is -0.370 e. The maximum Gasteiger partial charge on any atom is 0.243 e. The van der Waals surface area contributed by atoms with E-state index in [1.807, 2.05) is 48.5 Å². The van der Waals surface area contributed by atoms with Crippen LogP contribution in [-0.2, 0) is 32.0 Å². The smallest absolute Gasteiger partial charge is 0.243 e. The summed E-state index contributed by atoms with van der Waals surface area (Å²) >= 11 is 0. The molecule has 4 rings (SSSR count). The number of amides is 4. The van der Waals surface area contributed by atoms with E-state index in [4.69, 9.17) is 17.2 Å². The topological polar surface area (TPSA) is 202 Å². The van der Waals surface area contributed by atoms with Gasteiger partial charge in [0.15, 0.2) is 0 Å². The molecule has 0 unspecified atom stereocenters. The highest BCUT2D eigenvalue weighted by molar-refractivity contribution is 5.96. The van der Waals surface area contributed by atoms with Gasteiger partial charge in [-0.25, -0.2) is 0 Å². The van der Waals surface area contributed by atoms with E-state index >= 15 is 0 Å². The van der Waals surface area contributed by atoms with E-state index in [2.05, 4.69) is 20.6 Å². The van der Waals surface area contributed by atoms with Crippen molar-refractivity contribution < 1.29 is 19.2 Å². The van der Waals surface area contributed by atoms with Crippen LogP contribution < -0.4 is 27.8 Å². The Labute approximate surface area is 212 Å². The van der Waals surface area contributed by atoms with Crippen molar-refractivity contribution in [2.45, 2.75) is 37.4 Å². The first kappa shape index (κ1) is 25.5. The summed E-state index contributed by atoms with van der Waals surface area (Å²) in [6.45, 7) is 0. The number of rotatable bonds is 11. The van der Waals surface area contributed by atoms with Gasteiger partial charge in [0.05, 0.1) is 12.5 Å². The van der Waals surface area contributed by atoms with Crippen LogP contribution in [0.3, 0.4) is 0 Å². The molecule has 11 heteroatoms. The lowest BCUT2D eigenvalue weighted by Crippen LogP contribution is -2.56. The molecule has 11 nitrogen and oxygen atoms in total. The van der Waals surface area contributed by atoms with Crippen molar-refractivity contribution in [1.29, 1.82) is 0 Å². The van der Waals surface area contributed by atoms with Crippen LogP contribution in [0.1, 0.15) is 17.5 Å². The number of H-pyrrole nitrogens is 2. The van der Waals surface area contributed by atoms with Gasteiger partial charge in [0, 0.05) is 40.6 Å². The monoisotopic (exact) mass is 503 g/mol. The molecule has 2 aromatic heterocycles. The molecule has 4 amide bonds. The molecule has 0 aliphatic heterocycles. The van der Waals surface area contributed by atoms with E-state index in [9.17, 15) is 19.2 Å². The summed E-state index contributed by atoms with van der Waals surface area (Å²) in [6.07, 6.45) is 3.34. The normalized spacial score (nSPS) is 13.6. The van der Waals surface area contributed by atoms with Crippen LogP contribution in [0, 0.1) is 0 Å². The molecule has 0 saturated carbocycles. The second kappa shape index (κ2) is 11.0. The van der Waals surface area contributed by atoms with Gasteiger partial charge in [-0.3, -0.25) is 19.2 Å². The van der Waals surface area contributed by atoms with E-state index in [1.54, 1.807) is 12.4 Å². The number of primary amides is 2. The number of carbonyl (C=O) groups excluding carboxylic acids is 4. The van der Waals surface area contributed by atoms with Gasteiger partial charge in [0.25, 0.3) is 0 Å².